The SMILES string of the molecule is CCC(C)(C)C(=O)OCC(=O)OC1C2CC3C1OC(=O)C3(C(=O)O)C2. The molecule has 2 aliphatic carbocycles. The fourth-order valence-electron chi connectivity index (χ4n) is 4.10. The topological polar surface area (TPSA) is 116 Å². The first-order valence-electron chi connectivity index (χ1n) is 8.44. The zero-order chi connectivity index (χ0) is 18.6. The van der Waals surface area contributed by atoms with Crippen molar-refractivity contribution in [3.63, 3.8) is 0 Å². The van der Waals surface area contributed by atoms with E-state index in [9.17, 15) is 24.3 Å². The minimum Gasteiger partial charge on any atom is -0.480 e. The summed E-state index contributed by atoms with van der Waals surface area (Å²) in [5.41, 5.74) is -2.18. The van der Waals surface area contributed by atoms with E-state index in [-0.39, 0.29) is 12.3 Å². The van der Waals surface area contributed by atoms with Gasteiger partial charge in [-0.05, 0) is 33.1 Å². The van der Waals surface area contributed by atoms with Gasteiger partial charge < -0.3 is 19.3 Å². The van der Waals surface area contributed by atoms with E-state index in [1.54, 1.807) is 13.8 Å². The van der Waals surface area contributed by atoms with Crippen LogP contribution in [0, 0.1) is 22.7 Å². The van der Waals surface area contributed by atoms with Crippen molar-refractivity contribution in [2.45, 2.75) is 52.2 Å². The maximum absolute atomic E-state index is 12.0. The lowest BCUT2D eigenvalue weighted by Gasteiger charge is -2.29. The zero-order valence-electron chi connectivity index (χ0n) is 14.4. The van der Waals surface area contributed by atoms with E-state index in [0.717, 1.165) is 0 Å². The molecule has 3 fully saturated rings. The molecule has 25 heavy (non-hydrogen) atoms. The molecule has 1 N–H and O–H groups in total. The van der Waals surface area contributed by atoms with Gasteiger partial charge in [0.25, 0.3) is 0 Å². The molecule has 0 spiro atoms. The molecule has 3 rings (SSSR count). The van der Waals surface area contributed by atoms with Gasteiger partial charge in [-0.1, -0.05) is 6.92 Å². The molecular formula is C17H22O8. The van der Waals surface area contributed by atoms with Gasteiger partial charge in [-0.25, -0.2) is 4.79 Å². The lowest BCUT2D eigenvalue weighted by molar-refractivity contribution is -0.173. The highest BCUT2D eigenvalue weighted by atomic mass is 16.6. The molecule has 2 saturated carbocycles. The maximum Gasteiger partial charge on any atom is 0.344 e. The molecule has 3 aliphatic rings. The Morgan fingerprint density at radius 1 is 1.36 bits per heavy atom. The first kappa shape index (κ1) is 17.7. The van der Waals surface area contributed by atoms with Gasteiger partial charge in [-0.15, -0.1) is 0 Å². The Hall–Kier alpha value is -2.12. The van der Waals surface area contributed by atoms with Crippen molar-refractivity contribution in [1.29, 1.82) is 0 Å². The summed E-state index contributed by atoms with van der Waals surface area (Å²) < 4.78 is 15.6. The van der Waals surface area contributed by atoms with Crippen molar-refractivity contribution in [3.05, 3.63) is 0 Å². The van der Waals surface area contributed by atoms with Crippen molar-refractivity contribution in [2.75, 3.05) is 6.61 Å². The minimum atomic E-state index is -1.49. The Balaban J connectivity index is 1.60. The Morgan fingerprint density at radius 2 is 2.04 bits per heavy atom. The predicted molar refractivity (Wildman–Crippen MR) is 81.1 cm³/mol. The fourth-order valence-corrected chi connectivity index (χ4v) is 4.10. The molecule has 1 heterocycles. The van der Waals surface area contributed by atoms with E-state index in [0.29, 0.717) is 12.8 Å². The lowest BCUT2D eigenvalue weighted by atomic mass is 9.73. The molecule has 1 saturated heterocycles. The summed E-state index contributed by atoms with van der Waals surface area (Å²) in [6.07, 6.45) is -0.238. The minimum absolute atomic E-state index is 0.114. The normalized spacial score (nSPS) is 35.4. The number of hydrogen-bond donors (Lipinski definition) is 1. The standard InChI is InChI=1S/C17H22O8/c1-4-16(2,3)14(21)23-7-10(18)24-11-8-5-9-12(11)25-15(22)17(9,6-8)13(19)20/h8-9,11-12H,4-7H2,1-3H3,(H,19,20). The molecule has 0 aromatic heterocycles. The van der Waals surface area contributed by atoms with Crippen LogP contribution in [0.2, 0.25) is 0 Å². The highest BCUT2D eigenvalue weighted by molar-refractivity contribution is 6.02. The monoisotopic (exact) mass is 354 g/mol. The fraction of sp³-hybridized carbons (Fsp3) is 0.765. The number of rotatable bonds is 6. The van der Waals surface area contributed by atoms with Crippen LogP contribution in [0.4, 0.5) is 0 Å². The molecule has 0 radical (unpaired) electrons. The number of carboxylic acid groups (broad SMARTS) is 1. The molecule has 8 heteroatoms. The third-order valence-electron chi connectivity index (χ3n) is 5.97. The lowest BCUT2D eigenvalue weighted by Crippen LogP contribution is -2.45. The van der Waals surface area contributed by atoms with Gasteiger partial charge in [-0.3, -0.25) is 14.4 Å². The second kappa shape index (κ2) is 5.71. The van der Waals surface area contributed by atoms with Gasteiger partial charge in [0.1, 0.15) is 12.2 Å². The smallest absolute Gasteiger partial charge is 0.344 e. The molecule has 2 bridgehead atoms. The Kier molecular flexibility index (Phi) is 4.04. The van der Waals surface area contributed by atoms with Gasteiger partial charge in [0.2, 0.25) is 0 Å². The average molecular weight is 354 g/mol. The second-order valence-corrected chi connectivity index (χ2v) is 7.72. The van der Waals surface area contributed by atoms with E-state index < -0.39 is 59.4 Å². The van der Waals surface area contributed by atoms with Crippen molar-refractivity contribution in [3.8, 4) is 0 Å². The van der Waals surface area contributed by atoms with Crippen LogP contribution in [-0.4, -0.2) is 47.8 Å². The Morgan fingerprint density at radius 3 is 2.64 bits per heavy atom. The van der Waals surface area contributed by atoms with Gasteiger partial charge in [0.15, 0.2) is 12.0 Å². The van der Waals surface area contributed by atoms with Crippen LogP contribution in [0.1, 0.15) is 40.0 Å². The number of hydrogen-bond acceptors (Lipinski definition) is 7. The molecule has 5 unspecified atom stereocenters. The number of carboxylic acids is 1. The summed E-state index contributed by atoms with van der Waals surface area (Å²) in [5, 5.41) is 9.43. The highest BCUT2D eigenvalue weighted by Gasteiger charge is 2.75. The summed E-state index contributed by atoms with van der Waals surface area (Å²) in [7, 11) is 0. The van der Waals surface area contributed by atoms with E-state index in [1.807, 2.05) is 6.92 Å². The zero-order valence-corrected chi connectivity index (χ0v) is 14.4. The Bertz CT molecular complexity index is 639. The van der Waals surface area contributed by atoms with Crippen LogP contribution in [0.25, 0.3) is 0 Å². The van der Waals surface area contributed by atoms with Crippen LogP contribution in [-0.2, 0) is 33.4 Å². The second-order valence-electron chi connectivity index (χ2n) is 7.72. The van der Waals surface area contributed by atoms with Gasteiger partial charge in [0.05, 0.1) is 5.41 Å². The number of esters is 3. The van der Waals surface area contributed by atoms with E-state index in [2.05, 4.69) is 0 Å². The van der Waals surface area contributed by atoms with Crippen molar-refractivity contribution in [2.24, 2.45) is 22.7 Å². The predicted octanol–water partition coefficient (Wildman–Crippen LogP) is 0.914. The first-order chi connectivity index (χ1) is 11.6. The van der Waals surface area contributed by atoms with Crippen molar-refractivity contribution < 1.29 is 38.5 Å². The summed E-state index contributed by atoms with van der Waals surface area (Å²) in [6, 6.07) is 0. The molecule has 5 atom stereocenters. The van der Waals surface area contributed by atoms with Gasteiger partial charge in [-0.2, -0.15) is 0 Å². The molecule has 0 amide bonds. The van der Waals surface area contributed by atoms with Crippen molar-refractivity contribution >= 4 is 23.9 Å². The van der Waals surface area contributed by atoms with Gasteiger partial charge in [0, 0.05) is 11.8 Å². The third kappa shape index (κ3) is 2.49. The van der Waals surface area contributed by atoms with E-state index in [4.69, 9.17) is 14.2 Å². The van der Waals surface area contributed by atoms with Crippen LogP contribution >= 0.6 is 0 Å². The van der Waals surface area contributed by atoms with Crippen LogP contribution in [0.5, 0.6) is 0 Å². The summed E-state index contributed by atoms with van der Waals surface area (Å²) in [6.45, 7) is 4.78. The number of carbonyl (C=O) groups excluding carboxylic acids is 3. The number of fused-ring (bicyclic) bond motifs is 1. The highest BCUT2D eigenvalue weighted by Crippen LogP contribution is 2.62. The number of aliphatic carboxylic acids is 1. The Labute approximate surface area is 144 Å². The van der Waals surface area contributed by atoms with Crippen LogP contribution in [0.15, 0.2) is 0 Å². The summed E-state index contributed by atoms with van der Waals surface area (Å²) in [5.74, 6) is -3.83. The van der Waals surface area contributed by atoms with E-state index >= 15 is 0 Å². The summed E-state index contributed by atoms with van der Waals surface area (Å²) >= 11 is 0. The first-order valence-corrected chi connectivity index (χ1v) is 8.44. The molecular weight excluding hydrogens is 332 g/mol. The molecule has 0 aromatic rings. The van der Waals surface area contributed by atoms with Crippen LogP contribution in [0.3, 0.4) is 0 Å². The van der Waals surface area contributed by atoms with Gasteiger partial charge >= 0.3 is 23.9 Å². The number of carbonyl (C=O) groups is 4. The average Bonchev–Trinajstić information content (AvgIpc) is 3.14. The maximum atomic E-state index is 12.0. The molecule has 1 aliphatic heterocycles. The van der Waals surface area contributed by atoms with Crippen molar-refractivity contribution in [1.82, 2.24) is 0 Å². The largest absolute Gasteiger partial charge is 0.480 e. The number of ether oxygens (including phenoxy) is 3. The molecule has 138 valence electrons. The molecule has 0 aromatic carbocycles. The van der Waals surface area contributed by atoms with E-state index in [1.165, 1.54) is 0 Å². The quantitative estimate of drug-likeness (QED) is 0.425. The molecule has 8 nitrogen and oxygen atoms in total. The summed E-state index contributed by atoms with van der Waals surface area (Å²) in [4.78, 5) is 47.5. The third-order valence-corrected chi connectivity index (χ3v) is 5.97. The van der Waals surface area contributed by atoms with Crippen LogP contribution < -0.4 is 0 Å².